The SMILES string of the molecule is S=C(NCCc1cc2ccccc2[nH]1)SCc1ccccn1. The van der Waals surface area contributed by atoms with Gasteiger partial charge in [-0.05, 0) is 29.7 Å². The van der Waals surface area contributed by atoms with Crippen LogP contribution in [0.5, 0.6) is 0 Å². The molecule has 0 saturated carbocycles. The van der Waals surface area contributed by atoms with Crippen molar-refractivity contribution in [3.05, 3.63) is 66.1 Å². The van der Waals surface area contributed by atoms with Crippen molar-refractivity contribution in [2.24, 2.45) is 0 Å². The van der Waals surface area contributed by atoms with Crippen molar-refractivity contribution in [1.82, 2.24) is 15.3 Å². The molecule has 0 bridgehead atoms. The van der Waals surface area contributed by atoms with Crippen molar-refractivity contribution in [2.75, 3.05) is 6.54 Å². The third-order valence-corrected chi connectivity index (χ3v) is 4.67. The van der Waals surface area contributed by atoms with E-state index in [2.05, 4.69) is 39.6 Å². The first-order valence-electron chi connectivity index (χ1n) is 7.18. The molecule has 0 aliphatic heterocycles. The Bertz CT molecular complexity index is 720. The molecule has 0 amide bonds. The standard InChI is InChI=1S/C17H17N3S2/c21-17(22-12-15-6-3-4-9-18-15)19-10-8-14-11-13-5-1-2-7-16(13)20-14/h1-7,9,11,20H,8,10,12H2,(H,19,21). The van der Waals surface area contributed by atoms with Crippen LogP contribution in [0.3, 0.4) is 0 Å². The largest absolute Gasteiger partial charge is 0.371 e. The lowest BCUT2D eigenvalue weighted by molar-refractivity contribution is 0.864. The van der Waals surface area contributed by atoms with E-state index in [9.17, 15) is 0 Å². The second-order valence-electron chi connectivity index (χ2n) is 4.96. The maximum absolute atomic E-state index is 5.35. The van der Waals surface area contributed by atoms with E-state index in [0.717, 1.165) is 28.7 Å². The van der Waals surface area contributed by atoms with Gasteiger partial charge in [-0.2, -0.15) is 0 Å². The Kier molecular flexibility index (Phi) is 5.08. The predicted octanol–water partition coefficient (Wildman–Crippen LogP) is 3.91. The third kappa shape index (κ3) is 4.08. The van der Waals surface area contributed by atoms with Gasteiger partial charge >= 0.3 is 0 Å². The van der Waals surface area contributed by atoms with E-state index in [-0.39, 0.29) is 0 Å². The van der Waals surface area contributed by atoms with Crippen molar-refractivity contribution in [3.8, 4) is 0 Å². The highest BCUT2D eigenvalue weighted by Crippen LogP contribution is 2.15. The summed E-state index contributed by atoms with van der Waals surface area (Å²) >= 11 is 6.96. The number of thiocarbonyl (C=S) groups is 1. The minimum atomic E-state index is 0.805. The molecule has 0 atom stereocenters. The maximum Gasteiger partial charge on any atom is 0.134 e. The molecule has 0 spiro atoms. The molecule has 0 aliphatic carbocycles. The van der Waals surface area contributed by atoms with E-state index in [1.807, 2.05) is 30.5 Å². The van der Waals surface area contributed by atoms with Gasteiger partial charge in [-0.15, -0.1) is 0 Å². The number of hydrogen-bond donors (Lipinski definition) is 2. The Hall–Kier alpha value is -1.85. The fourth-order valence-electron chi connectivity index (χ4n) is 2.24. The van der Waals surface area contributed by atoms with Gasteiger partial charge in [-0.25, -0.2) is 0 Å². The molecule has 2 heterocycles. The minimum absolute atomic E-state index is 0.805. The van der Waals surface area contributed by atoms with E-state index in [1.54, 1.807) is 11.8 Å². The van der Waals surface area contributed by atoms with Crippen molar-refractivity contribution >= 4 is 39.2 Å². The topological polar surface area (TPSA) is 40.7 Å². The second-order valence-corrected chi connectivity index (χ2v) is 6.61. The molecule has 2 N–H and O–H groups in total. The average Bonchev–Trinajstić information content (AvgIpc) is 2.96. The van der Waals surface area contributed by atoms with E-state index in [0.29, 0.717) is 0 Å². The van der Waals surface area contributed by atoms with Crippen LogP contribution in [-0.2, 0) is 12.2 Å². The first-order chi connectivity index (χ1) is 10.8. The highest BCUT2D eigenvalue weighted by molar-refractivity contribution is 8.22. The van der Waals surface area contributed by atoms with Gasteiger partial charge in [-0.3, -0.25) is 4.98 Å². The summed E-state index contributed by atoms with van der Waals surface area (Å²) in [5, 5.41) is 4.55. The zero-order valence-corrected chi connectivity index (χ0v) is 13.7. The highest BCUT2D eigenvalue weighted by Gasteiger charge is 2.02. The number of nitrogens with zero attached hydrogens (tertiary/aromatic N) is 1. The number of hydrogen-bond acceptors (Lipinski definition) is 3. The summed E-state index contributed by atoms with van der Waals surface area (Å²) in [5.74, 6) is 0.805. The molecule has 0 saturated heterocycles. The lowest BCUT2D eigenvalue weighted by Gasteiger charge is -2.06. The lowest BCUT2D eigenvalue weighted by atomic mass is 10.2. The van der Waals surface area contributed by atoms with Crippen molar-refractivity contribution in [3.63, 3.8) is 0 Å². The number of benzene rings is 1. The molecule has 1 aromatic carbocycles. The van der Waals surface area contributed by atoms with E-state index in [4.69, 9.17) is 12.2 Å². The molecule has 0 aliphatic rings. The number of nitrogens with one attached hydrogen (secondary N) is 2. The number of pyridine rings is 1. The molecular formula is C17H17N3S2. The zero-order valence-electron chi connectivity index (χ0n) is 12.1. The highest BCUT2D eigenvalue weighted by atomic mass is 32.2. The Labute approximate surface area is 139 Å². The molecule has 112 valence electrons. The maximum atomic E-state index is 5.35. The Morgan fingerprint density at radius 2 is 2.05 bits per heavy atom. The van der Waals surface area contributed by atoms with Crippen molar-refractivity contribution < 1.29 is 0 Å². The molecule has 0 fully saturated rings. The summed E-state index contributed by atoms with van der Waals surface area (Å²) < 4.78 is 0.821. The molecule has 2 aromatic heterocycles. The van der Waals surface area contributed by atoms with Crippen LogP contribution in [0, 0.1) is 0 Å². The number of fused-ring (bicyclic) bond motifs is 1. The molecule has 0 radical (unpaired) electrons. The van der Waals surface area contributed by atoms with Gasteiger partial charge in [0.1, 0.15) is 4.32 Å². The van der Waals surface area contributed by atoms with Crippen LogP contribution in [0.1, 0.15) is 11.4 Å². The van der Waals surface area contributed by atoms with E-state index in [1.165, 1.54) is 16.6 Å². The fraction of sp³-hybridized carbons (Fsp3) is 0.176. The number of para-hydroxylation sites is 1. The van der Waals surface area contributed by atoms with Gasteiger partial charge in [0.05, 0.1) is 5.69 Å². The molecule has 5 heteroatoms. The van der Waals surface area contributed by atoms with Crippen LogP contribution in [-0.4, -0.2) is 20.8 Å². The van der Waals surface area contributed by atoms with Crippen LogP contribution < -0.4 is 5.32 Å². The summed E-state index contributed by atoms with van der Waals surface area (Å²) in [7, 11) is 0. The molecule has 3 nitrogen and oxygen atoms in total. The van der Waals surface area contributed by atoms with Gasteiger partial charge in [0, 0.05) is 36.1 Å². The number of aromatic amines is 1. The summed E-state index contributed by atoms with van der Waals surface area (Å²) in [5.41, 5.74) is 3.46. The monoisotopic (exact) mass is 327 g/mol. The zero-order chi connectivity index (χ0) is 15.2. The van der Waals surface area contributed by atoms with Crippen molar-refractivity contribution in [2.45, 2.75) is 12.2 Å². The normalized spacial score (nSPS) is 10.7. The van der Waals surface area contributed by atoms with Gasteiger partial charge < -0.3 is 10.3 Å². The fourth-order valence-corrected chi connectivity index (χ4v) is 3.17. The second kappa shape index (κ2) is 7.42. The summed E-state index contributed by atoms with van der Waals surface area (Å²) in [6, 6.07) is 16.4. The van der Waals surface area contributed by atoms with Gasteiger partial charge in [0.15, 0.2) is 0 Å². The smallest absolute Gasteiger partial charge is 0.134 e. The number of H-pyrrole nitrogens is 1. The van der Waals surface area contributed by atoms with Crippen LogP contribution in [0.4, 0.5) is 0 Å². The molecule has 3 rings (SSSR count). The van der Waals surface area contributed by atoms with Gasteiger partial charge in [0.2, 0.25) is 0 Å². The first-order valence-corrected chi connectivity index (χ1v) is 8.58. The third-order valence-electron chi connectivity index (χ3n) is 3.33. The van der Waals surface area contributed by atoms with Crippen LogP contribution in [0.2, 0.25) is 0 Å². The quantitative estimate of drug-likeness (QED) is 0.697. The molecule has 3 aromatic rings. The summed E-state index contributed by atoms with van der Waals surface area (Å²) in [4.78, 5) is 7.72. The van der Waals surface area contributed by atoms with Crippen LogP contribution >= 0.6 is 24.0 Å². The Morgan fingerprint density at radius 3 is 2.86 bits per heavy atom. The molecule has 22 heavy (non-hydrogen) atoms. The van der Waals surface area contributed by atoms with Crippen LogP contribution in [0.15, 0.2) is 54.7 Å². The number of thioether (sulfide) groups is 1. The van der Waals surface area contributed by atoms with Gasteiger partial charge in [-0.1, -0.05) is 48.2 Å². The van der Waals surface area contributed by atoms with E-state index >= 15 is 0 Å². The summed E-state index contributed by atoms with van der Waals surface area (Å²) in [6.45, 7) is 0.834. The molecular weight excluding hydrogens is 310 g/mol. The van der Waals surface area contributed by atoms with Gasteiger partial charge in [0.25, 0.3) is 0 Å². The predicted molar refractivity (Wildman–Crippen MR) is 98.1 cm³/mol. The molecule has 0 unspecified atom stereocenters. The Morgan fingerprint density at radius 1 is 1.18 bits per heavy atom. The van der Waals surface area contributed by atoms with Crippen LogP contribution in [0.25, 0.3) is 10.9 Å². The average molecular weight is 327 g/mol. The Balaban J connectivity index is 1.43. The minimum Gasteiger partial charge on any atom is -0.371 e. The van der Waals surface area contributed by atoms with E-state index < -0.39 is 0 Å². The lowest BCUT2D eigenvalue weighted by Crippen LogP contribution is -2.21. The number of aromatic nitrogens is 2. The summed E-state index contributed by atoms with van der Waals surface area (Å²) in [6.07, 6.45) is 2.74. The van der Waals surface area contributed by atoms with Crippen molar-refractivity contribution in [1.29, 1.82) is 0 Å². The first kappa shape index (κ1) is 15.1. The number of rotatable bonds is 5.